The molecule has 7 heteroatoms. The molecular weight excluding hydrogens is 354 g/mol. The highest BCUT2D eigenvalue weighted by Gasteiger charge is 2.31. The van der Waals surface area contributed by atoms with Gasteiger partial charge in [0.15, 0.2) is 11.2 Å². The standard InChI is InChI=1S/C21H27N5O2/c1-3-5-12-26-19-18(20(27)23-21(26)28)25(4-2)17(22-19)14-24-13-11-16(24)15-9-7-6-8-10-15/h6-10,16H,3-5,11-14H2,1-2H3,(H,23,27,28). The van der Waals surface area contributed by atoms with Crippen LogP contribution in [0.3, 0.4) is 0 Å². The van der Waals surface area contributed by atoms with Crippen molar-refractivity contribution in [1.29, 1.82) is 0 Å². The second-order valence-electron chi connectivity index (χ2n) is 7.39. The van der Waals surface area contributed by atoms with Gasteiger partial charge in [0.2, 0.25) is 0 Å². The van der Waals surface area contributed by atoms with E-state index in [0.29, 0.717) is 36.8 Å². The molecule has 1 saturated heterocycles. The third-order valence-electron chi connectivity index (χ3n) is 5.68. The van der Waals surface area contributed by atoms with Crippen LogP contribution in [0.1, 0.15) is 50.5 Å². The molecule has 1 atom stereocenters. The Balaban J connectivity index is 1.72. The number of unbranched alkanes of at least 4 members (excludes halogenated alkanes) is 1. The molecule has 28 heavy (non-hydrogen) atoms. The number of aryl methyl sites for hydroxylation is 2. The van der Waals surface area contributed by atoms with E-state index in [4.69, 9.17) is 4.98 Å². The minimum atomic E-state index is -0.371. The molecule has 1 aromatic carbocycles. The molecule has 1 N–H and O–H groups in total. The Morgan fingerprint density at radius 3 is 2.57 bits per heavy atom. The molecule has 1 aliphatic heterocycles. The fourth-order valence-electron chi connectivity index (χ4n) is 4.07. The van der Waals surface area contributed by atoms with Crippen LogP contribution in [-0.2, 0) is 19.6 Å². The maximum atomic E-state index is 12.5. The van der Waals surface area contributed by atoms with E-state index < -0.39 is 0 Å². The number of rotatable bonds is 7. The fourth-order valence-corrected chi connectivity index (χ4v) is 4.07. The van der Waals surface area contributed by atoms with Crippen molar-refractivity contribution in [2.45, 2.75) is 58.8 Å². The summed E-state index contributed by atoms with van der Waals surface area (Å²) in [7, 11) is 0. The van der Waals surface area contributed by atoms with Gasteiger partial charge in [-0.05, 0) is 25.3 Å². The number of aromatic nitrogens is 4. The topological polar surface area (TPSA) is 75.9 Å². The lowest BCUT2D eigenvalue weighted by Gasteiger charge is -2.41. The van der Waals surface area contributed by atoms with Gasteiger partial charge in [0.1, 0.15) is 5.82 Å². The maximum absolute atomic E-state index is 12.5. The summed E-state index contributed by atoms with van der Waals surface area (Å²) in [6, 6.07) is 10.9. The number of aromatic amines is 1. The van der Waals surface area contributed by atoms with Crippen LogP contribution in [0.15, 0.2) is 39.9 Å². The Labute approximate surface area is 163 Å². The first-order valence-electron chi connectivity index (χ1n) is 10.1. The number of H-pyrrole nitrogens is 1. The van der Waals surface area contributed by atoms with Crippen LogP contribution in [0.5, 0.6) is 0 Å². The zero-order valence-electron chi connectivity index (χ0n) is 16.5. The molecule has 1 unspecified atom stereocenters. The lowest BCUT2D eigenvalue weighted by Crippen LogP contribution is -2.40. The van der Waals surface area contributed by atoms with Gasteiger partial charge in [-0.25, -0.2) is 9.78 Å². The van der Waals surface area contributed by atoms with Crippen molar-refractivity contribution in [3.63, 3.8) is 0 Å². The van der Waals surface area contributed by atoms with E-state index in [1.54, 1.807) is 4.57 Å². The third kappa shape index (κ3) is 3.20. The summed E-state index contributed by atoms with van der Waals surface area (Å²) in [5.74, 6) is 0.847. The number of hydrogen-bond acceptors (Lipinski definition) is 4. The monoisotopic (exact) mass is 381 g/mol. The third-order valence-corrected chi connectivity index (χ3v) is 5.68. The second-order valence-corrected chi connectivity index (χ2v) is 7.39. The van der Waals surface area contributed by atoms with Gasteiger partial charge in [-0.15, -0.1) is 0 Å². The van der Waals surface area contributed by atoms with Gasteiger partial charge < -0.3 is 4.57 Å². The summed E-state index contributed by atoms with van der Waals surface area (Å²) >= 11 is 0. The van der Waals surface area contributed by atoms with E-state index in [1.165, 1.54) is 5.56 Å². The van der Waals surface area contributed by atoms with E-state index in [2.05, 4.69) is 41.1 Å². The van der Waals surface area contributed by atoms with Crippen LogP contribution in [-0.4, -0.2) is 30.5 Å². The predicted molar refractivity (Wildman–Crippen MR) is 109 cm³/mol. The van der Waals surface area contributed by atoms with Crippen molar-refractivity contribution >= 4 is 11.2 Å². The molecule has 0 spiro atoms. The highest BCUT2D eigenvalue weighted by Crippen LogP contribution is 2.34. The molecule has 7 nitrogen and oxygen atoms in total. The number of hydrogen-bond donors (Lipinski definition) is 1. The van der Waals surface area contributed by atoms with Gasteiger partial charge in [-0.3, -0.25) is 19.2 Å². The molecule has 0 aliphatic carbocycles. The summed E-state index contributed by atoms with van der Waals surface area (Å²) in [6.45, 7) is 6.98. The molecule has 3 heterocycles. The molecule has 1 fully saturated rings. The predicted octanol–water partition coefficient (Wildman–Crippen LogP) is 2.65. The SMILES string of the molecule is CCCCn1c(=O)[nH]c(=O)c2c1nc(CN1CCC1c1ccccc1)n2CC. The number of fused-ring (bicyclic) bond motifs is 1. The van der Waals surface area contributed by atoms with Gasteiger partial charge >= 0.3 is 5.69 Å². The first-order valence-corrected chi connectivity index (χ1v) is 10.1. The van der Waals surface area contributed by atoms with Gasteiger partial charge in [-0.2, -0.15) is 0 Å². The summed E-state index contributed by atoms with van der Waals surface area (Å²) in [6.07, 6.45) is 2.97. The molecule has 2 aromatic heterocycles. The van der Waals surface area contributed by atoms with Crippen molar-refractivity contribution in [2.75, 3.05) is 6.54 Å². The minimum Gasteiger partial charge on any atom is -0.321 e. The van der Waals surface area contributed by atoms with Crippen LogP contribution < -0.4 is 11.2 Å². The number of imidazole rings is 1. The largest absolute Gasteiger partial charge is 0.330 e. The van der Waals surface area contributed by atoms with Crippen LogP contribution in [0.4, 0.5) is 0 Å². The average Bonchev–Trinajstić information content (AvgIpc) is 3.04. The Morgan fingerprint density at radius 2 is 1.93 bits per heavy atom. The lowest BCUT2D eigenvalue weighted by atomic mass is 9.95. The van der Waals surface area contributed by atoms with Crippen LogP contribution >= 0.6 is 0 Å². The minimum absolute atomic E-state index is 0.350. The van der Waals surface area contributed by atoms with Crippen molar-refractivity contribution in [2.24, 2.45) is 0 Å². The highest BCUT2D eigenvalue weighted by atomic mass is 16.2. The molecule has 0 radical (unpaired) electrons. The Hall–Kier alpha value is -2.67. The fraction of sp³-hybridized carbons (Fsp3) is 0.476. The quantitative estimate of drug-likeness (QED) is 0.683. The van der Waals surface area contributed by atoms with Crippen LogP contribution in [0.25, 0.3) is 11.2 Å². The Bertz CT molecular complexity index is 1080. The van der Waals surface area contributed by atoms with Crippen molar-refractivity contribution < 1.29 is 0 Å². The summed E-state index contributed by atoms with van der Waals surface area (Å²) in [5, 5.41) is 0. The molecule has 0 amide bonds. The van der Waals surface area contributed by atoms with Gasteiger partial charge in [0.05, 0.1) is 6.54 Å². The van der Waals surface area contributed by atoms with E-state index in [9.17, 15) is 9.59 Å². The summed E-state index contributed by atoms with van der Waals surface area (Å²) in [5.41, 5.74) is 1.60. The smallest absolute Gasteiger partial charge is 0.321 e. The lowest BCUT2D eigenvalue weighted by molar-refractivity contribution is 0.0776. The first-order chi connectivity index (χ1) is 13.6. The van der Waals surface area contributed by atoms with E-state index in [-0.39, 0.29) is 11.2 Å². The van der Waals surface area contributed by atoms with E-state index in [1.807, 2.05) is 17.6 Å². The zero-order chi connectivity index (χ0) is 19.7. The Morgan fingerprint density at radius 1 is 1.14 bits per heavy atom. The number of nitrogens with one attached hydrogen (secondary N) is 1. The summed E-state index contributed by atoms with van der Waals surface area (Å²) in [4.78, 5) is 34.5. The summed E-state index contributed by atoms with van der Waals surface area (Å²) < 4.78 is 3.57. The van der Waals surface area contributed by atoms with Gasteiger partial charge in [-0.1, -0.05) is 43.7 Å². The molecule has 1 aliphatic rings. The van der Waals surface area contributed by atoms with Gasteiger partial charge in [0, 0.05) is 25.7 Å². The van der Waals surface area contributed by atoms with Crippen molar-refractivity contribution in [3.05, 3.63) is 62.6 Å². The highest BCUT2D eigenvalue weighted by molar-refractivity contribution is 5.71. The average molecular weight is 381 g/mol. The number of benzene rings is 1. The zero-order valence-corrected chi connectivity index (χ0v) is 16.5. The Kier molecular flexibility index (Phi) is 5.17. The molecular formula is C21H27N5O2. The molecule has 0 saturated carbocycles. The molecule has 3 aromatic rings. The molecule has 0 bridgehead atoms. The van der Waals surface area contributed by atoms with E-state index >= 15 is 0 Å². The van der Waals surface area contributed by atoms with Crippen molar-refractivity contribution in [1.82, 2.24) is 24.0 Å². The number of nitrogens with zero attached hydrogens (tertiary/aromatic N) is 4. The van der Waals surface area contributed by atoms with Gasteiger partial charge in [0.25, 0.3) is 5.56 Å². The number of likely N-dealkylation sites (tertiary alicyclic amines) is 1. The van der Waals surface area contributed by atoms with Crippen molar-refractivity contribution in [3.8, 4) is 0 Å². The van der Waals surface area contributed by atoms with E-state index in [0.717, 1.165) is 31.6 Å². The second kappa shape index (κ2) is 7.75. The maximum Gasteiger partial charge on any atom is 0.330 e. The molecule has 148 valence electrons. The normalized spacial score (nSPS) is 17.1. The van der Waals surface area contributed by atoms with Crippen LogP contribution in [0.2, 0.25) is 0 Å². The first kappa shape index (κ1) is 18.7. The van der Waals surface area contributed by atoms with Crippen LogP contribution in [0, 0.1) is 0 Å². The molecule has 4 rings (SSSR count).